The van der Waals surface area contributed by atoms with Crippen LogP contribution in [0.15, 0.2) is 0 Å². The van der Waals surface area contributed by atoms with Crippen LogP contribution in [0.3, 0.4) is 0 Å². The number of halogens is 1. The summed E-state index contributed by atoms with van der Waals surface area (Å²) in [6.45, 7) is 4.98. The summed E-state index contributed by atoms with van der Waals surface area (Å²) in [4.78, 5) is 0. The van der Waals surface area contributed by atoms with Crippen LogP contribution in [-0.2, 0) is 0 Å². The third-order valence-electron chi connectivity index (χ3n) is 4.04. The Labute approximate surface area is 144 Å². The quantitative estimate of drug-likeness (QED) is 0.266. The molecule has 0 radical (unpaired) electrons. The minimum absolute atomic E-state index is 0. The maximum absolute atomic E-state index is 8.87. The molecule has 0 aliphatic rings. The molecular formula is C17H38INO. The Morgan fingerprint density at radius 1 is 0.650 bits per heavy atom. The molecule has 0 heterocycles. The molecule has 0 rings (SSSR count). The molecule has 0 aromatic rings. The second kappa shape index (κ2) is 16.0. The highest BCUT2D eigenvalue weighted by atomic mass is 127. The predicted octanol–water partition coefficient (Wildman–Crippen LogP) is 1.37. The molecule has 20 heavy (non-hydrogen) atoms. The zero-order valence-electron chi connectivity index (χ0n) is 14.2. The monoisotopic (exact) mass is 399 g/mol. The van der Waals surface area contributed by atoms with E-state index >= 15 is 0 Å². The summed E-state index contributed by atoms with van der Waals surface area (Å²) in [6.07, 6.45) is 15.0. The molecule has 0 bridgehead atoms. The molecule has 0 aromatic carbocycles. The van der Waals surface area contributed by atoms with E-state index in [1.807, 2.05) is 0 Å². The minimum atomic E-state index is 0. The normalized spacial score (nSPS) is 11.4. The van der Waals surface area contributed by atoms with E-state index in [2.05, 4.69) is 21.0 Å². The second-order valence-corrected chi connectivity index (χ2v) is 6.64. The maximum atomic E-state index is 8.87. The molecule has 0 saturated heterocycles. The molecule has 1 N–H and O–H groups in total. The van der Waals surface area contributed by atoms with E-state index in [4.69, 9.17) is 5.11 Å². The fourth-order valence-corrected chi connectivity index (χ4v) is 2.64. The summed E-state index contributed by atoms with van der Waals surface area (Å²) < 4.78 is 1.07. The molecule has 0 aliphatic carbocycles. The van der Waals surface area contributed by atoms with Crippen molar-refractivity contribution < 1.29 is 33.6 Å². The lowest BCUT2D eigenvalue weighted by molar-refractivity contribution is -0.890. The lowest BCUT2D eigenvalue weighted by Gasteiger charge is -2.29. The van der Waals surface area contributed by atoms with Crippen LogP contribution in [-0.4, -0.2) is 43.4 Å². The van der Waals surface area contributed by atoms with Gasteiger partial charge in [0.15, 0.2) is 0 Å². The molecule has 0 unspecified atom stereocenters. The van der Waals surface area contributed by atoms with E-state index in [0.717, 1.165) is 17.4 Å². The van der Waals surface area contributed by atoms with E-state index in [1.54, 1.807) is 0 Å². The average molecular weight is 399 g/mol. The van der Waals surface area contributed by atoms with Gasteiger partial charge in [0.2, 0.25) is 0 Å². The Morgan fingerprint density at radius 2 is 1.05 bits per heavy atom. The molecule has 0 aliphatic heterocycles. The zero-order valence-corrected chi connectivity index (χ0v) is 16.3. The van der Waals surface area contributed by atoms with Crippen LogP contribution in [0.2, 0.25) is 0 Å². The number of unbranched alkanes of at least 4 members (excludes halogenated alkanes) is 9. The van der Waals surface area contributed by atoms with Gasteiger partial charge in [0.1, 0.15) is 0 Å². The van der Waals surface area contributed by atoms with Gasteiger partial charge in [-0.1, -0.05) is 58.3 Å². The van der Waals surface area contributed by atoms with Gasteiger partial charge in [0.25, 0.3) is 0 Å². The predicted molar refractivity (Wildman–Crippen MR) is 85.4 cm³/mol. The first-order chi connectivity index (χ1) is 9.12. The second-order valence-electron chi connectivity index (χ2n) is 6.64. The lowest BCUT2D eigenvalue weighted by Crippen LogP contribution is -3.00. The van der Waals surface area contributed by atoms with Crippen LogP contribution in [0.4, 0.5) is 0 Å². The van der Waals surface area contributed by atoms with Crippen LogP contribution < -0.4 is 24.0 Å². The summed E-state index contributed by atoms with van der Waals surface area (Å²) in [7, 11) is 4.56. The first kappa shape index (κ1) is 22.9. The lowest BCUT2D eigenvalue weighted by atomic mass is 10.1. The Kier molecular flexibility index (Phi) is 18.4. The summed E-state index contributed by atoms with van der Waals surface area (Å²) in [5.41, 5.74) is 0. The van der Waals surface area contributed by atoms with Crippen molar-refractivity contribution in [3.05, 3.63) is 0 Å². The smallest absolute Gasteiger partial charge is 0.0804 e. The van der Waals surface area contributed by atoms with Crippen molar-refractivity contribution in [2.75, 3.05) is 33.8 Å². The van der Waals surface area contributed by atoms with Gasteiger partial charge in [-0.25, -0.2) is 0 Å². The van der Waals surface area contributed by atoms with Gasteiger partial charge in [0.05, 0.1) is 27.2 Å². The first-order valence-corrected chi connectivity index (χ1v) is 8.55. The molecule has 0 fully saturated rings. The number of hydrogen-bond donors (Lipinski definition) is 1. The van der Waals surface area contributed by atoms with Gasteiger partial charge in [-0.05, 0) is 12.8 Å². The van der Waals surface area contributed by atoms with Gasteiger partial charge in [0, 0.05) is 13.0 Å². The van der Waals surface area contributed by atoms with E-state index in [9.17, 15) is 0 Å². The Balaban J connectivity index is 0. The molecule has 2 nitrogen and oxygen atoms in total. The molecule has 124 valence electrons. The van der Waals surface area contributed by atoms with Crippen LogP contribution in [0.1, 0.15) is 77.6 Å². The van der Waals surface area contributed by atoms with Crippen molar-refractivity contribution in [3.63, 3.8) is 0 Å². The van der Waals surface area contributed by atoms with Crippen LogP contribution in [0, 0.1) is 0 Å². The third-order valence-corrected chi connectivity index (χ3v) is 4.04. The highest BCUT2D eigenvalue weighted by Crippen LogP contribution is 2.11. The van der Waals surface area contributed by atoms with Gasteiger partial charge >= 0.3 is 0 Å². The molecule has 0 amide bonds. The van der Waals surface area contributed by atoms with Crippen LogP contribution in [0.5, 0.6) is 0 Å². The first-order valence-electron chi connectivity index (χ1n) is 8.55. The van der Waals surface area contributed by atoms with Gasteiger partial charge in [-0.2, -0.15) is 0 Å². The fourth-order valence-electron chi connectivity index (χ4n) is 2.64. The number of quaternary nitrogens is 1. The van der Waals surface area contributed by atoms with E-state index < -0.39 is 0 Å². The van der Waals surface area contributed by atoms with Crippen molar-refractivity contribution in [2.24, 2.45) is 0 Å². The van der Waals surface area contributed by atoms with Crippen molar-refractivity contribution in [3.8, 4) is 0 Å². The van der Waals surface area contributed by atoms with Crippen molar-refractivity contribution in [1.29, 1.82) is 0 Å². The standard InChI is InChI=1S/C17H38NO.HI/c1-4-5-6-7-8-9-10-11-12-13-15-18(2,3)16-14-17-19;/h19H,4-17H2,1-3H3;1H/q+1;/p-1. The SMILES string of the molecule is CCCCCCCCCCCC[N+](C)(C)CCCO.[I-]. The highest BCUT2D eigenvalue weighted by molar-refractivity contribution is 4.47. The maximum Gasteiger partial charge on any atom is 0.0804 e. The number of aliphatic hydroxyl groups excluding tert-OH is 1. The Hall–Kier alpha value is 0.650. The van der Waals surface area contributed by atoms with Crippen molar-refractivity contribution >= 4 is 0 Å². The van der Waals surface area contributed by atoms with Gasteiger partial charge in [-0.3, -0.25) is 0 Å². The largest absolute Gasteiger partial charge is 1.00 e. The summed E-state index contributed by atoms with van der Waals surface area (Å²) >= 11 is 0. The van der Waals surface area contributed by atoms with Crippen molar-refractivity contribution in [1.82, 2.24) is 0 Å². The third kappa shape index (κ3) is 16.7. The van der Waals surface area contributed by atoms with E-state index in [1.165, 1.54) is 70.8 Å². The summed E-state index contributed by atoms with van der Waals surface area (Å²) in [5.74, 6) is 0. The number of aliphatic hydroxyl groups is 1. The summed E-state index contributed by atoms with van der Waals surface area (Å²) in [6, 6.07) is 0. The Morgan fingerprint density at radius 3 is 1.50 bits per heavy atom. The Bertz CT molecular complexity index is 186. The van der Waals surface area contributed by atoms with E-state index in [-0.39, 0.29) is 24.0 Å². The van der Waals surface area contributed by atoms with Crippen LogP contribution >= 0.6 is 0 Å². The number of rotatable bonds is 14. The molecule has 0 aromatic heterocycles. The number of hydrogen-bond acceptors (Lipinski definition) is 1. The van der Waals surface area contributed by atoms with Crippen LogP contribution in [0.25, 0.3) is 0 Å². The van der Waals surface area contributed by atoms with E-state index in [0.29, 0.717) is 6.61 Å². The average Bonchev–Trinajstić information content (AvgIpc) is 2.38. The molecular weight excluding hydrogens is 361 g/mol. The molecule has 0 saturated carbocycles. The highest BCUT2D eigenvalue weighted by Gasteiger charge is 2.12. The van der Waals surface area contributed by atoms with Crippen molar-refractivity contribution in [2.45, 2.75) is 77.6 Å². The zero-order chi connectivity index (χ0) is 14.4. The number of nitrogens with zero attached hydrogens (tertiary/aromatic N) is 1. The fraction of sp³-hybridized carbons (Fsp3) is 1.00. The topological polar surface area (TPSA) is 20.2 Å². The molecule has 3 heteroatoms. The molecule has 0 atom stereocenters. The van der Waals surface area contributed by atoms with Gasteiger partial charge < -0.3 is 33.6 Å². The molecule has 0 spiro atoms. The van der Waals surface area contributed by atoms with Gasteiger partial charge in [-0.15, -0.1) is 0 Å². The minimum Gasteiger partial charge on any atom is -1.00 e. The summed E-state index contributed by atoms with van der Waals surface area (Å²) in [5, 5.41) is 8.87.